The third-order valence-corrected chi connectivity index (χ3v) is 4.78. The Morgan fingerprint density at radius 3 is 2.32 bits per heavy atom. The van der Waals surface area contributed by atoms with Crippen molar-refractivity contribution < 1.29 is 4.79 Å². The van der Waals surface area contributed by atoms with Crippen LogP contribution in [0.25, 0.3) is 6.08 Å². The van der Waals surface area contributed by atoms with E-state index in [0.29, 0.717) is 12.1 Å². The molecule has 3 N–H and O–H groups in total. The zero-order chi connectivity index (χ0) is 19.1. The average molecular weight is 490 g/mol. The third-order valence-electron chi connectivity index (χ3n) is 4.78. The number of hydrogen-bond acceptors (Lipinski definition) is 2. The largest absolute Gasteiger partial charge is 0.366 e. The Morgan fingerprint density at radius 2 is 1.75 bits per heavy atom. The molecule has 0 unspecified atom stereocenters. The van der Waals surface area contributed by atoms with E-state index in [2.05, 4.69) is 45.6 Å². The highest BCUT2D eigenvalue weighted by atomic mass is 127. The quantitative estimate of drug-likeness (QED) is 0.391. The van der Waals surface area contributed by atoms with Crippen LogP contribution in [0.1, 0.15) is 34.3 Å². The molecule has 3 rings (SSSR count). The number of benzene rings is 2. The van der Waals surface area contributed by atoms with Gasteiger partial charge in [-0.25, -0.2) is 0 Å². The summed E-state index contributed by atoms with van der Waals surface area (Å²) in [4.78, 5) is 17.9. The van der Waals surface area contributed by atoms with E-state index in [9.17, 15) is 4.79 Å². The zero-order valence-electron chi connectivity index (χ0n) is 16.1. The van der Waals surface area contributed by atoms with Gasteiger partial charge in [-0.05, 0) is 36.1 Å². The number of hydrogen-bond donors (Lipinski definition) is 2. The highest BCUT2D eigenvalue weighted by Gasteiger charge is 2.17. The number of halogens is 1. The summed E-state index contributed by atoms with van der Waals surface area (Å²) in [6.45, 7) is 2.58. The smallest absolute Gasteiger partial charge is 0.248 e. The van der Waals surface area contributed by atoms with Gasteiger partial charge < -0.3 is 16.0 Å². The van der Waals surface area contributed by atoms with Crippen LogP contribution >= 0.6 is 24.0 Å². The lowest BCUT2D eigenvalue weighted by molar-refractivity contribution is 0.100. The number of rotatable bonds is 4. The Bertz CT molecular complexity index is 821. The van der Waals surface area contributed by atoms with Crippen LogP contribution in [-0.4, -0.2) is 36.9 Å². The molecular formula is C22H27IN4O. The molecule has 1 saturated heterocycles. The summed E-state index contributed by atoms with van der Waals surface area (Å²) in [6, 6.07) is 17.8. The second-order valence-corrected chi connectivity index (χ2v) is 6.66. The van der Waals surface area contributed by atoms with Gasteiger partial charge >= 0.3 is 0 Å². The molecule has 2 aromatic carbocycles. The molecule has 0 saturated carbocycles. The number of piperidine rings is 1. The Morgan fingerprint density at radius 1 is 1.11 bits per heavy atom. The minimum Gasteiger partial charge on any atom is -0.366 e. The molecular weight excluding hydrogens is 463 g/mol. The van der Waals surface area contributed by atoms with E-state index in [1.54, 1.807) is 12.1 Å². The van der Waals surface area contributed by atoms with Crippen molar-refractivity contribution in [1.29, 1.82) is 0 Å². The maximum absolute atomic E-state index is 11.1. The number of aliphatic imine (C=N–C) groups is 1. The molecule has 6 heteroatoms. The SMILES string of the molecule is CN=C(NCc1ccc(C(N)=O)cc1)N1CCC(=Cc2ccccc2)CC1.I. The van der Waals surface area contributed by atoms with Gasteiger partial charge in [-0.15, -0.1) is 24.0 Å². The Labute approximate surface area is 183 Å². The van der Waals surface area contributed by atoms with E-state index in [0.717, 1.165) is 37.5 Å². The van der Waals surface area contributed by atoms with Gasteiger partial charge in [0.15, 0.2) is 5.96 Å². The van der Waals surface area contributed by atoms with Gasteiger partial charge in [0.25, 0.3) is 0 Å². The summed E-state index contributed by atoms with van der Waals surface area (Å²) < 4.78 is 0. The average Bonchev–Trinajstić information content (AvgIpc) is 2.71. The van der Waals surface area contributed by atoms with Crippen LogP contribution in [0.2, 0.25) is 0 Å². The molecule has 5 nitrogen and oxygen atoms in total. The Balaban J connectivity index is 0.00000280. The van der Waals surface area contributed by atoms with Crippen LogP contribution in [0.4, 0.5) is 0 Å². The molecule has 0 aliphatic carbocycles. The van der Waals surface area contributed by atoms with Crippen LogP contribution in [0, 0.1) is 0 Å². The normalized spacial score (nSPS) is 14.2. The lowest BCUT2D eigenvalue weighted by atomic mass is 10.0. The van der Waals surface area contributed by atoms with E-state index in [1.165, 1.54) is 11.1 Å². The van der Waals surface area contributed by atoms with Crippen LogP contribution < -0.4 is 11.1 Å². The molecule has 0 spiro atoms. The Kier molecular flexibility index (Phi) is 8.50. The number of carbonyl (C=O) groups is 1. The summed E-state index contributed by atoms with van der Waals surface area (Å²) in [5, 5.41) is 3.41. The summed E-state index contributed by atoms with van der Waals surface area (Å²) in [7, 11) is 1.81. The first kappa shape index (κ1) is 21.9. The van der Waals surface area contributed by atoms with Crippen molar-refractivity contribution in [1.82, 2.24) is 10.2 Å². The Hall–Kier alpha value is -2.35. The molecule has 28 heavy (non-hydrogen) atoms. The lowest BCUT2D eigenvalue weighted by Gasteiger charge is -2.31. The molecule has 0 radical (unpaired) electrons. The highest BCUT2D eigenvalue weighted by Crippen LogP contribution is 2.19. The molecule has 0 atom stereocenters. The number of nitrogens with one attached hydrogen (secondary N) is 1. The van der Waals surface area contributed by atoms with Crippen LogP contribution in [-0.2, 0) is 6.54 Å². The van der Waals surface area contributed by atoms with Gasteiger partial charge in [0.2, 0.25) is 5.91 Å². The summed E-state index contributed by atoms with van der Waals surface area (Å²) in [6.07, 6.45) is 4.39. The summed E-state index contributed by atoms with van der Waals surface area (Å²) >= 11 is 0. The van der Waals surface area contributed by atoms with E-state index in [-0.39, 0.29) is 24.0 Å². The van der Waals surface area contributed by atoms with Crippen molar-refractivity contribution in [3.8, 4) is 0 Å². The van der Waals surface area contributed by atoms with Gasteiger partial charge in [0.05, 0.1) is 0 Å². The van der Waals surface area contributed by atoms with Crippen molar-refractivity contribution in [2.75, 3.05) is 20.1 Å². The predicted molar refractivity (Wildman–Crippen MR) is 126 cm³/mol. The first-order valence-electron chi connectivity index (χ1n) is 9.24. The van der Waals surface area contributed by atoms with Crippen molar-refractivity contribution in [3.63, 3.8) is 0 Å². The molecule has 1 aliphatic rings. The number of guanidine groups is 1. The minimum absolute atomic E-state index is 0. The van der Waals surface area contributed by atoms with Gasteiger partial charge in [-0.2, -0.15) is 0 Å². The number of nitrogens with two attached hydrogens (primary N) is 1. The lowest BCUT2D eigenvalue weighted by Crippen LogP contribution is -2.44. The summed E-state index contributed by atoms with van der Waals surface area (Å²) in [5.41, 5.74) is 9.64. The molecule has 1 amide bonds. The molecule has 148 valence electrons. The molecule has 0 bridgehead atoms. The number of nitrogens with zero attached hydrogens (tertiary/aromatic N) is 2. The van der Waals surface area contributed by atoms with E-state index in [1.807, 2.05) is 25.2 Å². The van der Waals surface area contributed by atoms with Crippen molar-refractivity contribution >= 4 is 41.9 Å². The summed E-state index contributed by atoms with van der Waals surface area (Å²) in [5.74, 6) is 0.505. The predicted octanol–water partition coefficient (Wildman–Crippen LogP) is 3.66. The first-order valence-corrected chi connectivity index (χ1v) is 9.24. The molecule has 0 aromatic heterocycles. The van der Waals surface area contributed by atoms with Gasteiger partial charge in [-0.1, -0.05) is 54.1 Å². The fourth-order valence-electron chi connectivity index (χ4n) is 3.24. The van der Waals surface area contributed by atoms with E-state index in [4.69, 9.17) is 5.73 Å². The van der Waals surface area contributed by atoms with E-state index < -0.39 is 5.91 Å². The maximum atomic E-state index is 11.1. The van der Waals surface area contributed by atoms with E-state index >= 15 is 0 Å². The van der Waals surface area contributed by atoms with Crippen LogP contribution in [0.15, 0.2) is 65.2 Å². The number of likely N-dealkylation sites (tertiary alicyclic amines) is 1. The minimum atomic E-state index is -0.405. The second kappa shape index (κ2) is 10.8. The number of amides is 1. The van der Waals surface area contributed by atoms with Crippen LogP contribution in [0.5, 0.6) is 0 Å². The van der Waals surface area contributed by atoms with Crippen molar-refractivity contribution in [2.45, 2.75) is 19.4 Å². The topological polar surface area (TPSA) is 70.7 Å². The molecule has 1 fully saturated rings. The second-order valence-electron chi connectivity index (χ2n) is 6.66. The monoisotopic (exact) mass is 490 g/mol. The van der Waals surface area contributed by atoms with Gasteiger partial charge in [0.1, 0.15) is 0 Å². The molecule has 2 aromatic rings. The zero-order valence-corrected chi connectivity index (χ0v) is 18.4. The first-order chi connectivity index (χ1) is 13.2. The maximum Gasteiger partial charge on any atom is 0.248 e. The van der Waals surface area contributed by atoms with Crippen molar-refractivity contribution in [3.05, 3.63) is 76.9 Å². The van der Waals surface area contributed by atoms with Gasteiger partial charge in [0, 0.05) is 32.2 Å². The fourth-order valence-corrected chi connectivity index (χ4v) is 3.24. The van der Waals surface area contributed by atoms with Crippen molar-refractivity contribution in [2.24, 2.45) is 10.7 Å². The number of carbonyl (C=O) groups excluding carboxylic acids is 1. The molecule has 1 heterocycles. The van der Waals surface area contributed by atoms with Crippen LogP contribution in [0.3, 0.4) is 0 Å². The fraction of sp³-hybridized carbons (Fsp3) is 0.273. The number of primary amides is 1. The highest BCUT2D eigenvalue weighted by molar-refractivity contribution is 14.0. The third kappa shape index (κ3) is 6.09. The standard InChI is InChI=1S/C22H26N4O.HI/c1-24-22(25-16-19-7-9-20(10-8-19)21(23)27)26-13-11-18(12-14-26)15-17-5-3-2-4-6-17;/h2-10,15H,11-14,16H2,1H3,(H2,23,27)(H,24,25);1H. The van der Waals surface area contributed by atoms with Gasteiger partial charge in [-0.3, -0.25) is 9.79 Å². The molecule has 1 aliphatic heterocycles.